The summed E-state index contributed by atoms with van der Waals surface area (Å²) in [6.45, 7) is 20.7. The van der Waals surface area contributed by atoms with Crippen LogP contribution in [-0.4, -0.2) is 27.9 Å². The Balaban J connectivity index is 1.93. The molecule has 0 spiro atoms. The number of fused-ring (bicyclic) bond motifs is 3. The Labute approximate surface area is 216 Å². The van der Waals surface area contributed by atoms with Gasteiger partial charge in [-0.3, -0.25) is 14.4 Å². The summed E-state index contributed by atoms with van der Waals surface area (Å²) in [6.07, 6.45) is 9.59. The van der Waals surface area contributed by atoms with Gasteiger partial charge in [0.1, 0.15) is 0 Å². The van der Waals surface area contributed by atoms with E-state index < -0.39 is 17.9 Å². The third-order valence-corrected chi connectivity index (χ3v) is 10.5. The summed E-state index contributed by atoms with van der Waals surface area (Å²) in [5.41, 5.74) is 3.59. The highest BCUT2D eigenvalue weighted by Gasteiger charge is 2.61. The fourth-order valence-electron chi connectivity index (χ4n) is 7.85. The van der Waals surface area contributed by atoms with Gasteiger partial charge in [-0.2, -0.15) is 0 Å². The van der Waals surface area contributed by atoms with E-state index in [-0.39, 0.29) is 45.9 Å². The van der Waals surface area contributed by atoms with E-state index in [1.54, 1.807) is 0 Å². The van der Waals surface area contributed by atoms with E-state index in [0.717, 1.165) is 31.3 Å². The van der Waals surface area contributed by atoms with Crippen LogP contribution in [-0.2, 0) is 14.4 Å². The minimum absolute atomic E-state index is 0.0362. The van der Waals surface area contributed by atoms with Gasteiger partial charge >= 0.3 is 11.9 Å². The SMILES string of the molecule is C=C(C(=O)C[C@@H](C)[C@H]1CC[C@@]2(C)C3=CC[C@H](C(=C)C)[C@](C)(CCC(=O)O)C3=CC[C@]12C)[C@@H](C)C(=O)O. The normalized spacial score (nSPS) is 34.9. The predicted molar refractivity (Wildman–Crippen MR) is 142 cm³/mol. The molecule has 3 aliphatic carbocycles. The molecule has 0 bridgehead atoms. The third kappa shape index (κ3) is 4.43. The molecular formula is C31H44O5. The molecule has 198 valence electrons. The Bertz CT molecular complexity index is 1050. The lowest BCUT2D eigenvalue weighted by Gasteiger charge is -2.56. The molecule has 0 aliphatic heterocycles. The lowest BCUT2D eigenvalue weighted by Crippen LogP contribution is -2.47. The average molecular weight is 497 g/mol. The van der Waals surface area contributed by atoms with Gasteiger partial charge < -0.3 is 10.2 Å². The van der Waals surface area contributed by atoms with Gasteiger partial charge in [0.2, 0.25) is 0 Å². The van der Waals surface area contributed by atoms with Gasteiger partial charge in [0, 0.05) is 18.4 Å². The fraction of sp³-hybridized carbons (Fsp3) is 0.645. The molecule has 0 amide bonds. The van der Waals surface area contributed by atoms with Crippen LogP contribution in [0, 0.1) is 39.9 Å². The molecule has 5 nitrogen and oxygen atoms in total. The number of hydrogen-bond donors (Lipinski definition) is 2. The quantitative estimate of drug-likeness (QED) is 0.251. The van der Waals surface area contributed by atoms with E-state index in [4.69, 9.17) is 0 Å². The highest BCUT2D eigenvalue weighted by atomic mass is 16.4. The summed E-state index contributed by atoms with van der Waals surface area (Å²) in [7, 11) is 0. The molecule has 3 aliphatic rings. The minimum Gasteiger partial charge on any atom is -0.481 e. The van der Waals surface area contributed by atoms with Crippen LogP contribution < -0.4 is 0 Å². The Hall–Kier alpha value is -2.43. The molecule has 3 rings (SSSR count). The van der Waals surface area contributed by atoms with Crippen molar-refractivity contribution < 1.29 is 24.6 Å². The van der Waals surface area contributed by atoms with E-state index in [0.29, 0.717) is 18.8 Å². The van der Waals surface area contributed by atoms with Crippen molar-refractivity contribution in [1.82, 2.24) is 0 Å². The van der Waals surface area contributed by atoms with E-state index in [9.17, 15) is 24.6 Å². The van der Waals surface area contributed by atoms with E-state index >= 15 is 0 Å². The summed E-state index contributed by atoms with van der Waals surface area (Å²) in [5.74, 6) is -2.15. The van der Waals surface area contributed by atoms with Crippen molar-refractivity contribution in [1.29, 1.82) is 0 Å². The largest absolute Gasteiger partial charge is 0.481 e. The number of carboxylic acid groups (broad SMARTS) is 2. The van der Waals surface area contributed by atoms with Crippen molar-refractivity contribution in [3.63, 3.8) is 0 Å². The molecule has 0 unspecified atom stereocenters. The van der Waals surface area contributed by atoms with Gasteiger partial charge in [-0.25, -0.2) is 0 Å². The maximum absolute atomic E-state index is 12.9. The molecule has 0 aromatic rings. The van der Waals surface area contributed by atoms with Gasteiger partial charge in [-0.1, -0.05) is 58.6 Å². The second kappa shape index (κ2) is 9.79. The standard InChI is InChI=1S/C31H44O5/c1-18(2)22-9-10-25-24(29(22,6)14-13-27(33)34)12-16-30(7)23(11-15-31(25,30)8)19(3)17-26(32)20(4)21(5)28(35)36/h10,12,19,21-23H,1,4,9,11,13-17H2,2-3,5-8H3,(H,33,34)(H,35,36)/t19-,21-,22-,23-,29+,30-,31+/m1/s1. The number of carbonyl (C=O) groups is 3. The summed E-state index contributed by atoms with van der Waals surface area (Å²) in [5, 5.41) is 18.8. The van der Waals surface area contributed by atoms with Crippen LogP contribution >= 0.6 is 0 Å². The number of allylic oxidation sites excluding steroid dienone is 5. The first-order valence-electron chi connectivity index (χ1n) is 13.3. The van der Waals surface area contributed by atoms with Crippen molar-refractivity contribution in [2.75, 3.05) is 0 Å². The first-order valence-corrected chi connectivity index (χ1v) is 13.3. The molecule has 0 saturated heterocycles. The van der Waals surface area contributed by atoms with Gasteiger partial charge in [0.25, 0.3) is 0 Å². The number of hydrogen-bond acceptors (Lipinski definition) is 3. The number of carboxylic acids is 2. The Morgan fingerprint density at radius 3 is 2.28 bits per heavy atom. The average Bonchev–Trinajstić information content (AvgIpc) is 3.08. The zero-order valence-corrected chi connectivity index (χ0v) is 22.9. The highest BCUT2D eigenvalue weighted by molar-refractivity contribution is 5.99. The maximum atomic E-state index is 12.9. The van der Waals surface area contributed by atoms with Crippen LogP contribution in [0.25, 0.3) is 0 Å². The van der Waals surface area contributed by atoms with Crippen LogP contribution in [0.2, 0.25) is 0 Å². The molecule has 5 heteroatoms. The minimum atomic E-state index is -1.02. The Morgan fingerprint density at radius 1 is 1.08 bits per heavy atom. The van der Waals surface area contributed by atoms with Crippen LogP contribution in [0.5, 0.6) is 0 Å². The number of carbonyl (C=O) groups excluding carboxylic acids is 1. The smallest absolute Gasteiger partial charge is 0.310 e. The third-order valence-electron chi connectivity index (χ3n) is 10.5. The molecule has 36 heavy (non-hydrogen) atoms. The Kier molecular flexibility index (Phi) is 7.66. The highest BCUT2D eigenvalue weighted by Crippen LogP contribution is 2.70. The molecule has 7 atom stereocenters. The Morgan fingerprint density at radius 2 is 1.72 bits per heavy atom. The molecule has 1 fully saturated rings. The molecular weight excluding hydrogens is 452 g/mol. The summed E-state index contributed by atoms with van der Waals surface area (Å²) < 4.78 is 0. The van der Waals surface area contributed by atoms with Crippen LogP contribution in [0.3, 0.4) is 0 Å². The number of Topliss-reactive ketones (excluding diaryl/α,β-unsaturated/α-hetero) is 1. The van der Waals surface area contributed by atoms with Crippen LogP contribution in [0.4, 0.5) is 0 Å². The summed E-state index contributed by atoms with van der Waals surface area (Å²) >= 11 is 0. The zero-order chi connectivity index (χ0) is 27.2. The summed E-state index contributed by atoms with van der Waals surface area (Å²) in [4.78, 5) is 35.8. The number of ketones is 1. The van der Waals surface area contributed by atoms with Crippen molar-refractivity contribution in [2.45, 2.75) is 86.5 Å². The van der Waals surface area contributed by atoms with Crippen LogP contribution in [0.15, 0.2) is 47.6 Å². The molecule has 0 radical (unpaired) electrons. The second-order valence-electron chi connectivity index (χ2n) is 12.5. The van der Waals surface area contributed by atoms with Gasteiger partial charge in [-0.05, 0) is 91.1 Å². The van der Waals surface area contributed by atoms with Gasteiger partial charge in [0.15, 0.2) is 5.78 Å². The first kappa shape index (κ1) is 28.1. The fourth-order valence-corrected chi connectivity index (χ4v) is 7.85. The van der Waals surface area contributed by atoms with E-state index in [2.05, 4.69) is 59.9 Å². The lowest BCUT2D eigenvalue weighted by molar-refractivity contribution is -0.141. The monoisotopic (exact) mass is 496 g/mol. The second-order valence-corrected chi connectivity index (χ2v) is 12.5. The van der Waals surface area contributed by atoms with Crippen molar-refractivity contribution >= 4 is 17.7 Å². The molecule has 2 N–H and O–H groups in total. The van der Waals surface area contributed by atoms with E-state index in [1.165, 1.54) is 18.1 Å². The number of aliphatic carboxylic acids is 2. The number of rotatable bonds is 10. The molecule has 0 heterocycles. The zero-order valence-electron chi connectivity index (χ0n) is 22.9. The van der Waals surface area contributed by atoms with Crippen LogP contribution in [0.1, 0.15) is 86.5 Å². The van der Waals surface area contributed by atoms with E-state index in [1.807, 2.05) is 0 Å². The van der Waals surface area contributed by atoms with Gasteiger partial charge in [-0.15, -0.1) is 0 Å². The maximum Gasteiger partial charge on any atom is 0.310 e. The molecule has 0 aromatic carbocycles. The molecule has 1 saturated carbocycles. The first-order chi connectivity index (χ1) is 16.6. The topological polar surface area (TPSA) is 91.7 Å². The summed E-state index contributed by atoms with van der Waals surface area (Å²) in [6, 6.07) is 0. The van der Waals surface area contributed by atoms with Crippen molar-refractivity contribution in [2.24, 2.45) is 39.9 Å². The van der Waals surface area contributed by atoms with Gasteiger partial charge in [0.05, 0.1) is 5.92 Å². The van der Waals surface area contributed by atoms with Crippen molar-refractivity contribution in [3.05, 3.63) is 47.6 Å². The van der Waals surface area contributed by atoms with Crippen molar-refractivity contribution in [3.8, 4) is 0 Å². The predicted octanol–water partition coefficient (Wildman–Crippen LogP) is 7.00. The molecule has 0 aromatic heterocycles. The lowest BCUT2D eigenvalue weighted by atomic mass is 9.48.